The van der Waals surface area contributed by atoms with Crippen LogP contribution in [-0.4, -0.2) is 41.7 Å². The SMILES string of the molecule is CCC(Br)C(=O)O.CCOCCOC(C)=O. The molecule has 0 radical (unpaired) electrons. The first-order valence-corrected chi connectivity index (χ1v) is 5.95. The number of alkyl halides is 1. The number of hydrogen-bond donors (Lipinski definition) is 1. The van der Waals surface area contributed by atoms with E-state index in [2.05, 4.69) is 20.7 Å². The van der Waals surface area contributed by atoms with Crippen molar-refractivity contribution < 1.29 is 24.2 Å². The van der Waals surface area contributed by atoms with Crippen molar-refractivity contribution in [3.8, 4) is 0 Å². The first-order chi connectivity index (χ1) is 7.45. The Hall–Kier alpha value is -0.620. The zero-order chi connectivity index (χ0) is 13.0. The summed E-state index contributed by atoms with van der Waals surface area (Å²) in [6.45, 7) is 6.62. The molecule has 0 aromatic rings. The van der Waals surface area contributed by atoms with Crippen molar-refractivity contribution in [2.24, 2.45) is 0 Å². The molecule has 0 bridgehead atoms. The van der Waals surface area contributed by atoms with E-state index in [9.17, 15) is 9.59 Å². The van der Waals surface area contributed by atoms with Crippen molar-refractivity contribution in [1.29, 1.82) is 0 Å². The van der Waals surface area contributed by atoms with E-state index in [0.29, 0.717) is 26.2 Å². The van der Waals surface area contributed by atoms with Gasteiger partial charge in [0.15, 0.2) is 0 Å². The maximum Gasteiger partial charge on any atom is 0.317 e. The van der Waals surface area contributed by atoms with Gasteiger partial charge < -0.3 is 14.6 Å². The molecular weight excluding hydrogens is 280 g/mol. The molecule has 0 aliphatic carbocycles. The summed E-state index contributed by atoms with van der Waals surface area (Å²) in [5.74, 6) is -1.04. The molecule has 96 valence electrons. The number of carbonyl (C=O) groups is 2. The van der Waals surface area contributed by atoms with Gasteiger partial charge in [-0.15, -0.1) is 0 Å². The van der Waals surface area contributed by atoms with Gasteiger partial charge in [0.05, 0.1) is 6.61 Å². The number of aliphatic carboxylic acids is 1. The van der Waals surface area contributed by atoms with Crippen LogP contribution in [0.2, 0.25) is 0 Å². The molecular formula is C10H19BrO5. The normalized spacial score (nSPS) is 11.0. The van der Waals surface area contributed by atoms with Gasteiger partial charge in [0, 0.05) is 13.5 Å². The van der Waals surface area contributed by atoms with Crippen molar-refractivity contribution in [3.63, 3.8) is 0 Å². The summed E-state index contributed by atoms with van der Waals surface area (Å²) < 4.78 is 9.49. The van der Waals surface area contributed by atoms with Gasteiger partial charge in [-0.05, 0) is 13.3 Å². The maximum absolute atomic E-state index is 10.1. The van der Waals surface area contributed by atoms with E-state index >= 15 is 0 Å². The average Bonchev–Trinajstić information content (AvgIpc) is 2.23. The Morgan fingerprint density at radius 2 is 1.88 bits per heavy atom. The van der Waals surface area contributed by atoms with E-state index in [1.165, 1.54) is 6.92 Å². The number of hydrogen-bond acceptors (Lipinski definition) is 4. The number of halogens is 1. The molecule has 1 unspecified atom stereocenters. The van der Waals surface area contributed by atoms with E-state index in [0.717, 1.165) is 0 Å². The minimum Gasteiger partial charge on any atom is -0.480 e. The smallest absolute Gasteiger partial charge is 0.317 e. The van der Waals surface area contributed by atoms with Crippen LogP contribution in [0, 0.1) is 0 Å². The lowest BCUT2D eigenvalue weighted by molar-refractivity contribution is -0.142. The number of esters is 1. The summed E-state index contributed by atoms with van der Waals surface area (Å²) in [4.78, 5) is 19.6. The Labute approximate surface area is 104 Å². The lowest BCUT2D eigenvalue weighted by atomic mass is 10.3. The number of carboxylic acid groups (broad SMARTS) is 1. The van der Waals surface area contributed by atoms with Crippen LogP contribution in [0.4, 0.5) is 0 Å². The number of ether oxygens (including phenoxy) is 2. The van der Waals surface area contributed by atoms with Gasteiger partial charge in [0.25, 0.3) is 0 Å². The molecule has 6 heteroatoms. The highest BCUT2D eigenvalue weighted by Crippen LogP contribution is 2.02. The lowest BCUT2D eigenvalue weighted by Gasteiger charge is -1.99. The zero-order valence-electron chi connectivity index (χ0n) is 9.86. The van der Waals surface area contributed by atoms with Crippen molar-refractivity contribution >= 4 is 27.9 Å². The molecule has 16 heavy (non-hydrogen) atoms. The number of rotatable bonds is 6. The molecule has 0 rings (SSSR count). The van der Waals surface area contributed by atoms with Gasteiger partial charge in [0.1, 0.15) is 11.4 Å². The van der Waals surface area contributed by atoms with Gasteiger partial charge in [-0.2, -0.15) is 0 Å². The minimum absolute atomic E-state index is 0.255. The molecule has 0 aromatic carbocycles. The summed E-state index contributed by atoms with van der Waals surface area (Å²) in [5, 5.41) is 8.14. The fourth-order valence-corrected chi connectivity index (χ4v) is 0.563. The van der Waals surface area contributed by atoms with E-state index in [1.807, 2.05) is 13.8 Å². The molecule has 5 nitrogen and oxygen atoms in total. The topological polar surface area (TPSA) is 72.8 Å². The van der Waals surface area contributed by atoms with Crippen LogP contribution >= 0.6 is 15.9 Å². The van der Waals surface area contributed by atoms with E-state index in [-0.39, 0.29) is 10.8 Å². The van der Waals surface area contributed by atoms with Gasteiger partial charge in [-0.3, -0.25) is 9.59 Å². The highest BCUT2D eigenvalue weighted by Gasteiger charge is 2.07. The third kappa shape index (κ3) is 15.8. The first-order valence-electron chi connectivity index (χ1n) is 5.03. The molecule has 0 fully saturated rings. The molecule has 0 aliphatic heterocycles. The monoisotopic (exact) mass is 298 g/mol. The molecule has 0 spiro atoms. The zero-order valence-corrected chi connectivity index (χ0v) is 11.4. The number of carboxylic acids is 1. The van der Waals surface area contributed by atoms with Crippen LogP contribution < -0.4 is 0 Å². The molecule has 0 amide bonds. The highest BCUT2D eigenvalue weighted by atomic mass is 79.9. The predicted molar refractivity (Wildman–Crippen MR) is 63.8 cm³/mol. The van der Waals surface area contributed by atoms with Crippen LogP contribution in [0.3, 0.4) is 0 Å². The van der Waals surface area contributed by atoms with Crippen LogP contribution in [0.1, 0.15) is 27.2 Å². The van der Waals surface area contributed by atoms with Crippen LogP contribution in [0.15, 0.2) is 0 Å². The second-order valence-electron chi connectivity index (χ2n) is 2.75. The van der Waals surface area contributed by atoms with Crippen molar-refractivity contribution in [1.82, 2.24) is 0 Å². The standard InChI is InChI=1S/C6H12O3.C4H7BrO2/c1-3-8-4-5-9-6(2)7;1-2-3(5)4(6)7/h3-5H2,1-2H3;3H,2H2,1H3,(H,6,7). The summed E-state index contributed by atoms with van der Waals surface area (Å²) in [6.07, 6.45) is 0.634. The molecule has 0 aliphatic rings. The van der Waals surface area contributed by atoms with Gasteiger partial charge >= 0.3 is 11.9 Å². The summed E-state index contributed by atoms with van der Waals surface area (Å²) >= 11 is 2.94. The van der Waals surface area contributed by atoms with Crippen molar-refractivity contribution in [2.75, 3.05) is 19.8 Å². The Kier molecular flexibility index (Phi) is 13.8. The molecule has 0 aromatic heterocycles. The van der Waals surface area contributed by atoms with E-state index in [4.69, 9.17) is 9.84 Å². The lowest BCUT2D eigenvalue weighted by Crippen LogP contribution is -2.09. The molecule has 0 saturated carbocycles. The summed E-state index contributed by atoms with van der Waals surface area (Å²) in [7, 11) is 0. The Morgan fingerprint density at radius 1 is 1.31 bits per heavy atom. The average molecular weight is 299 g/mol. The van der Waals surface area contributed by atoms with Crippen LogP contribution in [0.5, 0.6) is 0 Å². The molecule has 1 atom stereocenters. The maximum atomic E-state index is 10.1. The van der Waals surface area contributed by atoms with Gasteiger partial charge in [0.2, 0.25) is 0 Å². The van der Waals surface area contributed by atoms with E-state index in [1.54, 1.807) is 0 Å². The Morgan fingerprint density at radius 3 is 2.12 bits per heavy atom. The minimum atomic E-state index is -0.789. The van der Waals surface area contributed by atoms with Gasteiger partial charge in [-0.1, -0.05) is 22.9 Å². The molecule has 1 N–H and O–H groups in total. The van der Waals surface area contributed by atoms with Crippen molar-refractivity contribution in [3.05, 3.63) is 0 Å². The second kappa shape index (κ2) is 12.4. The van der Waals surface area contributed by atoms with Crippen LogP contribution in [-0.2, 0) is 19.1 Å². The quantitative estimate of drug-likeness (QED) is 0.460. The van der Waals surface area contributed by atoms with Crippen LogP contribution in [0.25, 0.3) is 0 Å². The summed E-state index contributed by atoms with van der Waals surface area (Å²) in [5.41, 5.74) is 0. The number of carbonyl (C=O) groups excluding carboxylic acids is 1. The Balaban J connectivity index is 0. The molecule has 0 saturated heterocycles. The third-order valence-corrected chi connectivity index (χ3v) is 2.40. The first kappa shape index (κ1) is 17.8. The summed E-state index contributed by atoms with van der Waals surface area (Å²) in [6, 6.07) is 0. The van der Waals surface area contributed by atoms with Crippen molar-refractivity contribution in [2.45, 2.75) is 32.0 Å². The highest BCUT2D eigenvalue weighted by molar-refractivity contribution is 9.10. The van der Waals surface area contributed by atoms with E-state index < -0.39 is 5.97 Å². The fraction of sp³-hybridized carbons (Fsp3) is 0.800. The van der Waals surface area contributed by atoms with Gasteiger partial charge in [-0.25, -0.2) is 0 Å². The Bertz CT molecular complexity index is 196. The largest absolute Gasteiger partial charge is 0.480 e. The third-order valence-electron chi connectivity index (χ3n) is 1.36. The fourth-order valence-electron chi connectivity index (χ4n) is 0.563. The predicted octanol–water partition coefficient (Wildman–Crippen LogP) is 1.83. The molecule has 0 heterocycles. The second-order valence-corrected chi connectivity index (χ2v) is 3.86.